The number of furan rings is 1. The van der Waals surface area contributed by atoms with E-state index in [1.165, 1.54) is 6.26 Å². The van der Waals surface area contributed by atoms with Crippen LogP contribution in [-0.2, 0) is 6.42 Å². The molecular weight excluding hydrogens is 509 g/mol. The van der Waals surface area contributed by atoms with Crippen LogP contribution in [-0.4, -0.2) is 51.0 Å². The van der Waals surface area contributed by atoms with Crippen LogP contribution in [0.4, 0.5) is 0 Å². The van der Waals surface area contributed by atoms with Crippen molar-refractivity contribution in [3.05, 3.63) is 59.0 Å². The molecule has 8 nitrogen and oxygen atoms in total. The summed E-state index contributed by atoms with van der Waals surface area (Å²) in [6, 6.07) is 9.35. The van der Waals surface area contributed by atoms with E-state index in [2.05, 4.69) is 26.3 Å². The molecule has 0 saturated carbocycles. The van der Waals surface area contributed by atoms with Crippen LogP contribution in [0.15, 0.2) is 46.0 Å². The Morgan fingerprint density at radius 1 is 1.06 bits per heavy atom. The molecule has 170 valence electrons. The lowest BCUT2D eigenvalue weighted by Gasteiger charge is -2.12. The van der Waals surface area contributed by atoms with Gasteiger partial charge in [-0.2, -0.15) is 0 Å². The van der Waals surface area contributed by atoms with E-state index >= 15 is 0 Å². The van der Waals surface area contributed by atoms with Gasteiger partial charge in [-0.25, -0.2) is 0 Å². The molecular formula is C22H32IN5O3. The Morgan fingerprint density at radius 2 is 1.87 bits per heavy atom. The van der Waals surface area contributed by atoms with Crippen molar-refractivity contribution in [3.8, 4) is 0 Å². The molecule has 2 aromatic rings. The van der Waals surface area contributed by atoms with Crippen LogP contribution >= 0.6 is 24.0 Å². The number of rotatable bonds is 10. The van der Waals surface area contributed by atoms with Crippen molar-refractivity contribution in [2.45, 2.75) is 26.7 Å². The number of nitrogens with one attached hydrogen (secondary N) is 4. The number of aryl methyl sites for hydroxylation is 1. The summed E-state index contributed by atoms with van der Waals surface area (Å²) in [7, 11) is 1.62. The minimum absolute atomic E-state index is 0. The van der Waals surface area contributed by atoms with Crippen molar-refractivity contribution in [3.63, 3.8) is 0 Å². The van der Waals surface area contributed by atoms with Crippen LogP contribution in [0.25, 0.3) is 0 Å². The SMILES string of the molecule is CCNC(=NCCCNC(=O)c1occc1C)NCCc1cccc(C(=O)NC)c1.I. The van der Waals surface area contributed by atoms with Gasteiger partial charge in [0.25, 0.3) is 11.8 Å². The third-order valence-corrected chi connectivity index (χ3v) is 4.43. The summed E-state index contributed by atoms with van der Waals surface area (Å²) in [5, 5.41) is 12.0. The molecule has 0 aliphatic carbocycles. The second-order valence-electron chi connectivity index (χ2n) is 6.76. The third kappa shape index (κ3) is 8.99. The molecule has 1 aromatic carbocycles. The number of halogens is 1. The number of benzene rings is 1. The van der Waals surface area contributed by atoms with Crippen LogP contribution in [0.2, 0.25) is 0 Å². The predicted octanol–water partition coefficient (Wildman–Crippen LogP) is 2.48. The Hall–Kier alpha value is -2.56. The summed E-state index contributed by atoms with van der Waals surface area (Å²) in [6.07, 6.45) is 3.00. The van der Waals surface area contributed by atoms with E-state index < -0.39 is 0 Å². The highest BCUT2D eigenvalue weighted by molar-refractivity contribution is 14.0. The van der Waals surface area contributed by atoms with E-state index in [1.807, 2.05) is 32.0 Å². The second kappa shape index (κ2) is 14.4. The van der Waals surface area contributed by atoms with Gasteiger partial charge in [0.2, 0.25) is 0 Å². The largest absolute Gasteiger partial charge is 0.459 e. The van der Waals surface area contributed by atoms with Crippen LogP contribution in [0.3, 0.4) is 0 Å². The first-order valence-corrected chi connectivity index (χ1v) is 10.2. The van der Waals surface area contributed by atoms with Crippen molar-refractivity contribution in [2.75, 3.05) is 33.2 Å². The molecule has 9 heteroatoms. The highest BCUT2D eigenvalue weighted by atomic mass is 127. The normalized spacial score (nSPS) is 10.7. The van der Waals surface area contributed by atoms with E-state index in [0.29, 0.717) is 31.0 Å². The molecule has 31 heavy (non-hydrogen) atoms. The molecule has 0 unspecified atom stereocenters. The zero-order valence-electron chi connectivity index (χ0n) is 18.3. The molecule has 0 fully saturated rings. The molecule has 4 N–H and O–H groups in total. The van der Waals surface area contributed by atoms with Crippen molar-refractivity contribution >= 4 is 41.8 Å². The van der Waals surface area contributed by atoms with Crippen molar-refractivity contribution in [1.29, 1.82) is 0 Å². The number of hydrogen-bond donors (Lipinski definition) is 4. The lowest BCUT2D eigenvalue weighted by Crippen LogP contribution is -2.38. The quantitative estimate of drug-likeness (QED) is 0.160. The first kappa shape index (κ1) is 26.5. The fourth-order valence-corrected chi connectivity index (χ4v) is 2.84. The van der Waals surface area contributed by atoms with Crippen LogP contribution in [0.1, 0.15) is 45.4 Å². The van der Waals surface area contributed by atoms with Gasteiger partial charge in [0.15, 0.2) is 11.7 Å². The zero-order chi connectivity index (χ0) is 21.8. The minimum atomic E-state index is -0.203. The van der Waals surface area contributed by atoms with Gasteiger partial charge in [-0.15, -0.1) is 24.0 Å². The van der Waals surface area contributed by atoms with Gasteiger partial charge in [-0.05, 0) is 50.5 Å². The van der Waals surface area contributed by atoms with Gasteiger partial charge >= 0.3 is 0 Å². The van der Waals surface area contributed by atoms with Crippen LogP contribution in [0.5, 0.6) is 0 Å². The average molecular weight is 541 g/mol. The molecule has 1 heterocycles. The van der Waals surface area contributed by atoms with E-state index in [4.69, 9.17) is 4.42 Å². The maximum absolute atomic E-state index is 12.0. The summed E-state index contributed by atoms with van der Waals surface area (Å²) < 4.78 is 5.18. The fraction of sp³-hybridized carbons (Fsp3) is 0.409. The summed E-state index contributed by atoms with van der Waals surface area (Å²) in [5.41, 5.74) is 2.56. The molecule has 2 rings (SSSR count). The van der Waals surface area contributed by atoms with E-state index in [9.17, 15) is 9.59 Å². The molecule has 0 spiro atoms. The number of carbonyl (C=O) groups is 2. The second-order valence-corrected chi connectivity index (χ2v) is 6.76. The van der Waals surface area contributed by atoms with Crippen molar-refractivity contribution < 1.29 is 14.0 Å². The topological polar surface area (TPSA) is 108 Å². The Labute approximate surface area is 200 Å². The summed E-state index contributed by atoms with van der Waals surface area (Å²) in [5.74, 6) is 0.793. The standard InChI is InChI=1S/C22H31N5O3.HI/c1-4-24-22(26-12-6-11-25-21(29)19-16(2)10-14-30-19)27-13-9-17-7-5-8-18(15-17)20(28)23-3;/h5,7-8,10,14-15H,4,6,9,11-13H2,1-3H3,(H,23,28)(H,25,29)(H2,24,26,27);1H. The lowest BCUT2D eigenvalue weighted by molar-refractivity contribution is 0.0923. The minimum Gasteiger partial charge on any atom is -0.459 e. The Balaban J connectivity index is 0.00000480. The highest BCUT2D eigenvalue weighted by Crippen LogP contribution is 2.08. The number of hydrogen-bond acceptors (Lipinski definition) is 4. The van der Waals surface area contributed by atoms with Gasteiger partial charge in [0.1, 0.15) is 0 Å². The number of aliphatic imine (C=N–C) groups is 1. The lowest BCUT2D eigenvalue weighted by atomic mass is 10.1. The van der Waals surface area contributed by atoms with Gasteiger partial charge in [-0.3, -0.25) is 14.6 Å². The number of nitrogens with zero attached hydrogens (tertiary/aromatic N) is 1. The fourth-order valence-electron chi connectivity index (χ4n) is 2.84. The molecule has 0 saturated heterocycles. The molecule has 0 aliphatic rings. The highest BCUT2D eigenvalue weighted by Gasteiger charge is 2.11. The van der Waals surface area contributed by atoms with Crippen molar-refractivity contribution in [2.24, 2.45) is 4.99 Å². The smallest absolute Gasteiger partial charge is 0.287 e. The van der Waals surface area contributed by atoms with E-state index in [-0.39, 0.29) is 35.8 Å². The van der Waals surface area contributed by atoms with Gasteiger partial charge in [-0.1, -0.05) is 12.1 Å². The monoisotopic (exact) mass is 541 g/mol. The summed E-state index contributed by atoms with van der Waals surface area (Å²) >= 11 is 0. The molecule has 0 radical (unpaired) electrons. The van der Waals surface area contributed by atoms with Gasteiger partial charge in [0, 0.05) is 44.4 Å². The zero-order valence-corrected chi connectivity index (χ0v) is 20.6. The molecule has 1 aromatic heterocycles. The molecule has 0 aliphatic heterocycles. The Bertz CT molecular complexity index is 866. The maximum Gasteiger partial charge on any atom is 0.287 e. The molecule has 0 bridgehead atoms. The maximum atomic E-state index is 12.0. The number of guanidine groups is 1. The van der Waals surface area contributed by atoms with E-state index in [1.54, 1.807) is 19.2 Å². The summed E-state index contributed by atoms with van der Waals surface area (Å²) in [4.78, 5) is 28.3. The van der Waals surface area contributed by atoms with Gasteiger partial charge in [0.05, 0.1) is 6.26 Å². The number of amides is 2. The average Bonchev–Trinajstić information content (AvgIpc) is 3.19. The van der Waals surface area contributed by atoms with Crippen molar-refractivity contribution in [1.82, 2.24) is 21.3 Å². The van der Waals surface area contributed by atoms with Gasteiger partial charge < -0.3 is 25.7 Å². The summed E-state index contributed by atoms with van der Waals surface area (Å²) in [6.45, 7) is 6.40. The first-order chi connectivity index (χ1) is 14.5. The first-order valence-electron chi connectivity index (χ1n) is 10.2. The Kier molecular flexibility index (Phi) is 12.3. The van der Waals surface area contributed by atoms with E-state index in [0.717, 1.165) is 36.5 Å². The van der Waals surface area contributed by atoms with Crippen LogP contribution in [0, 0.1) is 6.92 Å². The number of carbonyl (C=O) groups excluding carboxylic acids is 2. The third-order valence-electron chi connectivity index (χ3n) is 4.43. The van der Waals surface area contributed by atoms with Crippen LogP contribution < -0.4 is 21.3 Å². The molecule has 2 amide bonds. The predicted molar refractivity (Wildman–Crippen MR) is 133 cm³/mol. The Morgan fingerprint density at radius 3 is 2.55 bits per heavy atom. The molecule has 0 atom stereocenters.